The minimum Gasteiger partial charge on any atom is -0.461 e. The summed E-state index contributed by atoms with van der Waals surface area (Å²) in [6.45, 7) is 22.2. The number of methoxy groups -OCH3 is 2. The SMILES string of the molecule is CON=C1C[C@@H](C)O[C@@H](O[C@@H]2[C@@H](C)[C@H](O[C@H]3C[C@@]4(C)OC(=O)C[C@H]4[C@H](C)O3)[C@@H](C)C(=O)O[C@H]([C@@H](C)CO[C@@H]3O[C@H](C)[C@@H](OC(=O)n4ccnc4)[C@@H](OC)[C@H]3OC)[C@H](C)[C@@H](OC(=O)CC(C)C)[C@@H](C)C(=O)[C@@](C)(O)C[C@@H]2C)[C@@H]1OC(=O)n1ccnc1. The number of ether oxygens (including phenoxy) is 13. The zero-order valence-corrected chi connectivity index (χ0v) is 51.8. The van der Waals surface area contributed by atoms with Crippen molar-refractivity contribution in [2.45, 2.75) is 219 Å². The number of cyclic esters (lactones) is 1. The molecule has 0 radical (unpaired) electrons. The molecule has 7 heterocycles. The highest BCUT2D eigenvalue weighted by atomic mass is 16.7. The summed E-state index contributed by atoms with van der Waals surface area (Å²) in [6, 6.07) is 0. The van der Waals surface area contributed by atoms with Crippen LogP contribution in [-0.4, -0.2) is 191 Å². The van der Waals surface area contributed by atoms with E-state index in [9.17, 15) is 24.3 Å². The van der Waals surface area contributed by atoms with Crippen LogP contribution in [0.2, 0.25) is 0 Å². The summed E-state index contributed by atoms with van der Waals surface area (Å²) in [5.74, 6) is -8.72. The minimum absolute atomic E-state index is 0.0132. The van der Waals surface area contributed by atoms with Crippen LogP contribution in [0.25, 0.3) is 0 Å². The van der Waals surface area contributed by atoms with Gasteiger partial charge in [-0.1, -0.05) is 53.6 Å². The number of esters is 3. The first-order chi connectivity index (χ1) is 40.1. The summed E-state index contributed by atoms with van der Waals surface area (Å²) in [4.78, 5) is 97.4. The molecule has 5 saturated heterocycles. The number of aliphatic hydroxyl groups is 1. The second-order valence-electron chi connectivity index (χ2n) is 24.6. The molecule has 2 aromatic heterocycles. The Bertz CT molecular complexity index is 2600. The van der Waals surface area contributed by atoms with Gasteiger partial charge in [0.2, 0.25) is 6.29 Å². The second-order valence-corrected chi connectivity index (χ2v) is 24.6. The Kier molecular flexibility index (Phi) is 22.6. The lowest BCUT2D eigenvalue weighted by Crippen LogP contribution is -2.60. The quantitative estimate of drug-likeness (QED) is 0.114. The molecule has 0 aromatic carbocycles. The van der Waals surface area contributed by atoms with Gasteiger partial charge in [0.05, 0.1) is 55.4 Å². The van der Waals surface area contributed by atoms with Crippen molar-refractivity contribution >= 4 is 41.6 Å². The van der Waals surface area contributed by atoms with Crippen LogP contribution < -0.4 is 0 Å². The van der Waals surface area contributed by atoms with E-state index >= 15 is 9.59 Å². The summed E-state index contributed by atoms with van der Waals surface area (Å²) in [7, 11) is 4.21. The molecule has 5 aliphatic rings. The number of carbonyl (C=O) groups is 6. The molecule has 0 aliphatic carbocycles. The second kappa shape index (κ2) is 28.6. The molecule has 1 N–H and O–H groups in total. The molecule has 26 heteroatoms. The normalized spacial score (nSPS) is 39.5. The van der Waals surface area contributed by atoms with E-state index in [1.807, 2.05) is 27.7 Å². The standard InChI is InChI=1S/C59H89N5O21/c1-29(2)21-41(65)79-46-34(7)45(31(4)26-75-54-51(73-15)50(72-14)48(38(11)78-54)83-56(69)63-19-17-60-27-63)81-53(68)36(9)47(80-43-25-59(13)39(37(10)77-43)23-42(66)85-59)33(6)44(30(3)24-58(12,71)52(67)35(46)8)82-55-49(40(62-74-16)22-32(5)76-55)84-57(70)64-20-18-61-28-64/h17-20,27-39,43-51,54-55,71H,21-26H2,1-16H3/t30-,31-,32+,33+,34-,35+,36+,37-,38+,39-,43-,44-,45+,46+,47-,48+,49+,50+,51+,54+,55-,58-,59+/m0/s1. The fraction of sp³-hybridized carbons (Fsp3) is 0.780. The third-order valence-corrected chi connectivity index (χ3v) is 17.3. The molecule has 2 aromatic rings. The Balaban J connectivity index is 1.29. The van der Waals surface area contributed by atoms with Crippen molar-refractivity contribution in [1.29, 1.82) is 0 Å². The van der Waals surface area contributed by atoms with Crippen LogP contribution in [0.4, 0.5) is 9.59 Å². The van der Waals surface area contributed by atoms with E-state index in [1.165, 1.54) is 70.3 Å². The Morgan fingerprint density at radius 2 is 1.38 bits per heavy atom. The molecule has 0 unspecified atom stereocenters. The number of carbonyl (C=O) groups excluding carboxylic acids is 6. The van der Waals surface area contributed by atoms with Crippen LogP contribution in [0, 0.1) is 47.3 Å². The summed E-state index contributed by atoms with van der Waals surface area (Å²) in [6.07, 6.45) is -7.62. The van der Waals surface area contributed by atoms with Gasteiger partial charge < -0.3 is 71.5 Å². The Morgan fingerprint density at radius 3 is 1.98 bits per heavy atom. The number of aromatic nitrogens is 4. The fourth-order valence-corrected chi connectivity index (χ4v) is 13.0. The number of ketones is 1. The zero-order chi connectivity index (χ0) is 62.4. The average Bonchev–Trinajstić information content (AvgIpc) is 2.15. The van der Waals surface area contributed by atoms with Gasteiger partial charge in [0.1, 0.15) is 61.1 Å². The monoisotopic (exact) mass is 1200 g/mol. The summed E-state index contributed by atoms with van der Waals surface area (Å²) < 4.78 is 84.9. The van der Waals surface area contributed by atoms with E-state index in [2.05, 4.69) is 15.1 Å². The highest BCUT2D eigenvalue weighted by molar-refractivity contribution is 5.91. The predicted molar refractivity (Wildman–Crippen MR) is 297 cm³/mol. The minimum atomic E-state index is -2.14. The van der Waals surface area contributed by atoms with E-state index in [0.717, 1.165) is 4.57 Å². The van der Waals surface area contributed by atoms with Gasteiger partial charge in [-0.2, -0.15) is 0 Å². The molecule has 0 bridgehead atoms. The summed E-state index contributed by atoms with van der Waals surface area (Å²) in [5, 5.41) is 16.9. The van der Waals surface area contributed by atoms with Gasteiger partial charge in [0.15, 0.2) is 30.6 Å². The van der Waals surface area contributed by atoms with Gasteiger partial charge in [-0.05, 0) is 59.8 Å². The first kappa shape index (κ1) is 67.1. The van der Waals surface area contributed by atoms with Gasteiger partial charge in [-0.15, -0.1) is 0 Å². The number of hydrogen-bond donors (Lipinski definition) is 1. The Morgan fingerprint density at radius 1 is 0.729 bits per heavy atom. The van der Waals surface area contributed by atoms with Gasteiger partial charge in [-0.25, -0.2) is 28.7 Å². The molecule has 5 fully saturated rings. The number of fused-ring (bicyclic) bond motifs is 1. The molecule has 5 aliphatic heterocycles. The molecule has 26 nitrogen and oxygen atoms in total. The number of hydrogen-bond acceptors (Lipinski definition) is 24. The number of Topliss-reactive ketones (excluding diaryl/α,β-unsaturated/α-hetero) is 1. The molecular weight excluding hydrogens is 1110 g/mol. The third-order valence-electron chi connectivity index (χ3n) is 17.3. The lowest BCUT2D eigenvalue weighted by molar-refractivity contribution is -0.304. The Hall–Kier alpha value is -5.45. The number of rotatable bonds is 16. The van der Waals surface area contributed by atoms with Crippen molar-refractivity contribution in [1.82, 2.24) is 19.1 Å². The van der Waals surface area contributed by atoms with Crippen LogP contribution in [0.5, 0.6) is 0 Å². The van der Waals surface area contributed by atoms with Gasteiger partial charge in [-0.3, -0.25) is 19.2 Å². The van der Waals surface area contributed by atoms with Crippen LogP contribution in [0.3, 0.4) is 0 Å². The number of oxime groups is 1. The Labute approximate surface area is 496 Å². The van der Waals surface area contributed by atoms with Crippen LogP contribution in [0.1, 0.15) is 122 Å². The van der Waals surface area contributed by atoms with E-state index in [1.54, 1.807) is 55.4 Å². The van der Waals surface area contributed by atoms with E-state index in [-0.39, 0.29) is 62.2 Å². The van der Waals surface area contributed by atoms with E-state index in [0.29, 0.717) is 0 Å². The molecule has 7 rings (SSSR count). The highest BCUT2D eigenvalue weighted by Gasteiger charge is 2.56. The van der Waals surface area contributed by atoms with Gasteiger partial charge >= 0.3 is 30.1 Å². The van der Waals surface area contributed by atoms with Crippen molar-refractivity contribution in [3.8, 4) is 0 Å². The first-order valence-corrected chi connectivity index (χ1v) is 29.4. The molecule has 23 atom stereocenters. The van der Waals surface area contributed by atoms with Crippen molar-refractivity contribution in [2.24, 2.45) is 52.5 Å². The lowest BCUT2D eigenvalue weighted by atomic mass is 9.74. The molecule has 0 spiro atoms. The zero-order valence-electron chi connectivity index (χ0n) is 51.8. The maximum Gasteiger partial charge on any atom is 0.420 e. The molecule has 0 saturated carbocycles. The van der Waals surface area contributed by atoms with Crippen LogP contribution in [-0.2, 0) is 85.6 Å². The lowest BCUT2D eigenvalue weighted by Gasteiger charge is -2.46. The molecule has 85 heavy (non-hydrogen) atoms. The van der Waals surface area contributed by atoms with E-state index in [4.69, 9.17) is 66.4 Å². The summed E-state index contributed by atoms with van der Waals surface area (Å²) in [5.41, 5.74) is -2.86. The molecule has 476 valence electrons. The van der Waals surface area contributed by atoms with Gasteiger partial charge in [0.25, 0.3) is 0 Å². The largest absolute Gasteiger partial charge is 0.461 e. The predicted octanol–water partition coefficient (Wildman–Crippen LogP) is 6.05. The maximum atomic E-state index is 15.5. The van der Waals surface area contributed by atoms with E-state index < -0.39 is 163 Å². The number of imidazole rings is 2. The van der Waals surface area contributed by atoms with Crippen molar-refractivity contribution < 1.29 is 100 Å². The van der Waals surface area contributed by atoms with Crippen LogP contribution >= 0.6 is 0 Å². The number of nitrogens with zero attached hydrogens (tertiary/aromatic N) is 5. The topological polar surface area (TPSA) is 300 Å². The summed E-state index contributed by atoms with van der Waals surface area (Å²) >= 11 is 0. The van der Waals surface area contributed by atoms with Crippen molar-refractivity contribution in [3.63, 3.8) is 0 Å². The smallest absolute Gasteiger partial charge is 0.420 e. The van der Waals surface area contributed by atoms with Crippen molar-refractivity contribution in [2.75, 3.05) is 27.9 Å². The third kappa shape index (κ3) is 15.6. The average molecular weight is 1200 g/mol. The van der Waals surface area contributed by atoms with Crippen LogP contribution in [0.15, 0.2) is 42.6 Å². The molecular formula is C59H89N5O21. The molecule has 0 amide bonds. The van der Waals surface area contributed by atoms with Gasteiger partial charge in [0, 0.05) is 81.9 Å². The fourth-order valence-electron chi connectivity index (χ4n) is 13.0. The first-order valence-electron chi connectivity index (χ1n) is 29.4. The van der Waals surface area contributed by atoms with Crippen molar-refractivity contribution in [3.05, 3.63) is 37.4 Å². The maximum absolute atomic E-state index is 15.5. The highest BCUT2D eigenvalue weighted by Crippen LogP contribution is 2.46.